The first-order chi connectivity index (χ1) is 6.99. The largest absolute Gasteiger partial charge is 0.440 e. The normalized spacial score (nSPS) is 14.4. The van der Waals surface area contributed by atoms with Gasteiger partial charge in [-0.25, -0.2) is 4.79 Å². The van der Waals surface area contributed by atoms with Crippen LogP contribution in [0, 0.1) is 0 Å². The maximum Gasteiger partial charge on any atom is 0.422 e. The molecule has 0 radical (unpaired) electrons. The molecule has 96 valence electrons. The standard InChI is InChI=1S/C7H9F6NO2/c1-4(2-6(8,9)10)14-5(15)16-3-7(11,12)13/h4H,2-3H2,1H3,(H,14,15). The van der Waals surface area contributed by atoms with E-state index in [1.54, 1.807) is 5.32 Å². The Hall–Kier alpha value is -1.15. The summed E-state index contributed by atoms with van der Waals surface area (Å²) in [6, 6.07) is -1.35. The van der Waals surface area contributed by atoms with Crippen molar-refractivity contribution in [3.8, 4) is 0 Å². The lowest BCUT2D eigenvalue weighted by Crippen LogP contribution is -2.37. The number of halogens is 6. The van der Waals surface area contributed by atoms with Gasteiger partial charge < -0.3 is 10.1 Å². The Bertz CT molecular complexity index is 236. The summed E-state index contributed by atoms with van der Waals surface area (Å²) in [5.74, 6) is 0. The number of alkyl halides is 6. The molecule has 1 amide bonds. The van der Waals surface area contributed by atoms with Crippen LogP contribution in [0.4, 0.5) is 31.1 Å². The van der Waals surface area contributed by atoms with Gasteiger partial charge in [-0.15, -0.1) is 0 Å². The summed E-state index contributed by atoms with van der Waals surface area (Å²) in [5.41, 5.74) is 0. The fourth-order valence-electron chi connectivity index (χ4n) is 0.788. The van der Waals surface area contributed by atoms with Crippen molar-refractivity contribution in [3.05, 3.63) is 0 Å². The minimum absolute atomic E-state index is 1.00. The minimum atomic E-state index is -4.70. The molecule has 0 bridgehead atoms. The minimum Gasteiger partial charge on any atom is -0.440 e. The number of carbonyl (C=O) groups excluding carboxylic acids is 1. The van der Waals surface area contributed by atoms with Crippen molar-refractivity contribution < 1.29 is 35.9 Å². The third-order valence-electron chi connectivity index (χ3n) is 1.27. The zero-order chi connectivity index (χ0) is 13.0. The van der Waals surface area contributed by atoms with E-state index >= 15 is 0 Å². The number of hydrogen-bond acceptors (Lipinski definition) is 2. The molecular weight excluding hydrogens is 244 g/mol. The van der Waals surface area contributed by atoms with E-state index < -0.39 is 37.5 Å². The molecular formula is C7H9F6NO2. The lowest BCUT2D eigenvalue weighted by atomic mass is 10.2. The van der Waals surface area contributed by atoms with Crippen molar-refractivity contribution in [2.24, 2.45) is 0 Å². The van der Waals surface area contributed by atoms with E-state index in [1.165, 1.54) is 0 Å². The van der Waals surface area contributed by atoms with E-state index in [2.05, 4.69) is 4.74 Å². The first-order valence-electron chi connectivity index (χ1n) is 4.06. The summed E-state index contributed by atoms with van der Waals surface area (Å²) in [6.07, 6.45) is -12.1. The van der Waals surface area contributed by atoms with Gasteiger partial charge in [-0.1, -0.05) is 0 Å². The Labute approximate surface area is 86.7 Å². The van der Waals surface area contributed by atoms with E-state index in [1.807, 2.05) is 0 Å². The number of rotatable bonds is 3. The molecule has 0 spiro atoms. The molecule has 16 heavy (non-hydrogen) atoms. The van der Waals surface area contributed by atoms with Crippen LogP contribution in [0.1, 0.15) is 13.3 Å². The molecule has 0 aromatic rings. The van der Waals surface area contributed by atoms with Crippen molar-refractivity contribution in [2.75, 3.05) is 6.61 Å². The van der Waals surface area contributed by atoms with Crippen LogP contribution in [0.15, 0.2) is 0 Å². The maximum atomic E-state index is 11.8. The van der Waals surface area contributed by atoms with Gasteiger partial charge in [0, 0.05) is 6.04 Å². The fourth-order valence-corrected chi connectivity index (χ4v) is 0.788. The Morgan fingerprint density at radius 3 is 2.06 bits per heavy atom. The van der Waals surface area contributed by atoms with Gasteiger partial charge in [0.1, 0.15) is 0 Å². The molecule has 0 aliphatic carbocycles. The Morgan fingerprint density at radius 2 is 1.69 bits per heavy atom. The van der Waals surface area contributed by atoms with Gasteiger partial charge in [-0.05, 0) is 6.92 Å². The van der Waals surface area contributed by atoms with Crippen molar-refractivity contribution in [2.45, 2.75) is 31.7 Å². The molecule has 0 aliphatic rings. The van der Waals surface area contributed by atoms with E-state index in [9.17, 15) is 31.1 Å². The molecule has 0 aromatic carbocycles. The molecule has 0 rings (SSSR count). The van der Waals surface area contributed by atoms with Crippen LogP contribution in [0.5, 0.6) is 0 Å². The molecule has 1 unspecified atom stereocenters. The lowest BCUT2D eigenvalue weighted by molar-refractivity contribution is -0.161. The Kier molecular flexibility index (Phi) is 4.88. The van der Waals surface area contributed by atoms with Crippen LogP contribution < -0.4 is 5.32 Å². The van der Waals surface area contributed by atoms with Crippen LogP contribution in [0.2, 0.25) is 0 Å². The second kappa shape index (κ2) is 5.26. The number of alkyl carbamates (subject to hydrolysis) is 1. The molecule has 3 nitrogen and oxygen atoms in total. The lowest BCUT2D eigenvalue weighted by Gasteiger charge is -2.16. The summed E-state index contributed by atoms with van der Waals surface area (Å²) < 4.78 is 73.5. The van der Waals surface area contributed by atoms with Gasteiger partial charge in [0.05, 0.1) is 6.42 Å². The third-order valence-corrected chi connectivity index (χ3v) is 1.27. The molecule has 0 aliphatic heterocycles. The summed E-state index contributed by atoms with van der Waals surface area (Å²) in [6.45, 7) is -0.833. The second-order valence-electron chi connectivity index (χ2n) is 3.06. The van der Waals surface area contributed by atoms with Crippen molar-refractivity contribution in [1.29, 1.82) is 0 Å². The van der Waals surface area contributed by atoms with E-state index in [4.69, 9.17) is 0 Å². The monoisotopic (exact) mass is 253 g/mol. The van der Waals surface area contributed by atoms with Gasteiger partial charge in [-0.3, -0.25) is 0 Å². The predicted molar refractivity (Wildman–Crippen MR) is 40.7 cm³/mol. The van der Waals surface area contributed by atoms with Gasteiger partial charge in [0.15, 0.2) is 6.61 Å². The number of ether oxygens (including phenoxy) is 1. The zero-order valence-corrected chi connectivity index (χ0v) is 8.08. The molecule has 9 heteroatoms. The highest BCUT2D eigenvalue weighted by Gasteiger charge is 2.32. The highest BCUT2D eigenvalue weighted by molar-refractivity contribution is 5.67. The second-order valence-corrected chi connectivity index (χ2v) is 3.06. The van der Waals surface area contributed by atoms with Gasteiger partial charge in [-0.2, -0.15) is 26.3 Å². The van der Waals surface area contributed by atoms with Crippen LogP contribution in [0.25, 0.3) is 0 Å². The van der Waals surface area contributed by atoms with Gasteiger partial charge >= 0.3 is 18.4 Å². The quantitative estimate of drug-likeness (QED) is 0.785. The highest BCUT2D eigenvalue weighted by Crippen LogP contribution is 2.21. The van der Waals surface area contributed by atoms with Crippen LogP contribution in [-0.4, -0.2) is 31.1 Å². The van der Waals surface area contributed by atoms with E-state index in [0.29, 0.717) is 0 Å². The van der Waals surface area contributed by atoms with Crippen molar-refractivity contribution >= 4 is 6.09 Å². The third kappa shape index (κ3) is 9.41. The van der Waals surface area contributed by atoms with Crippen LogP contribution in [-0.2, 0) is 4.74 Å². The summed E-state index contributed by atoms with van der Waals surface area (Å²) in [4.78, 5) is 10.6. The molecule has 0 saturated carbocycles. The number of amides is 1. The molecule has 0 aromatic heterocycles. The Morgan fingerprint density at radius 1 is 1.19 bits per heavy atom. The van der Waals surface area contributed by atoms with Crippen LogP contribution >= 0.6 is 0 Å². The topological polar surface area (TPSA) is 38.3 Å². The van der Waals surface area contributed by atoms with Crippen LogP contribution in [0.3, 0.4) is 0 Å². The summed E-state index contributed by atoms with van der Waals surface area (Å²) in [5, 5.41) is 1.63. The van der Waals surface area contributed by atoms with E-state index in [-0.39, 0.29) is 0 Å². The number of carbonyl (C=O) groups is 1. The average Bonchev–Trinajstić information content (AvgIpc) is 1.95. The van der Waals surface area contributed by atoms with Crippen molar-refractivity contribution in [3.63, 3.8) is 0 Å². The molecule has 0 fully saturated rings. The molecule has 0 saturated heterocycles. The predicted octanol–water partition coefficient (Wildman–Crippen LogP) is 2.62. The first kappa shape index (κ1) is 14.8. The first-order valence-corrected chi connectivity index (χ1v) is 4.06. The molecule has 1 atom stereocenters. The van der Waals surface area contributed by atoms with Gasteiger partial charge in [0.2, 0.25) is 0 Å². The number of hydrogen-bond donors (Lipinski definition) is 1. The average molecular weight is 253 g/mol. The highest BCUT2D eigenvalue weighted by atomic mass is 19.4. The SMILES string of the molecule is CC(CC(F)(F)F)NC(=O)OCC(F)(F)F. The smallest absolute Gasteiger partial charge is 0.422 e. The van der Waals surface area contributed by atoms with Crippen molar-refractivity contribution in [1.82, 2.24) is 5.32 Å². The zero-order valence-electron chi connectivity index (χ0n) is 8.08. The fraction of sp³-hybridized carbons (Fsp3) is 0.857. The van der Waals surface area contributed by atoms with E-state index in [0.717, 1.165) is 6.92 Å². The maximum absolute atomic E-state index is 11.8. The Balaban J connectivity index is 3.88. The molecule has 0 heterocycles. The number of nitrogens with one attached hydrogen (secondary N) is 1. The summed E-state index contributed by atoms with van der Waals surface area (Å²) >= 11 is 0. The van der Waals surface area contributed by atoms with Gasteiger partial charge in [0.25, 0.3) is 0 Å². The molecule has 1 N–H and O–H groups in total. The summed E-state index contributed by atoms with van der Waals surface area (Å²) in [7, 11) is 0.